The number of nitrogens with zero attached hydrogens (tertiary/aromatic N) is 2. The molecular formula is C16H12ClN3O4S. The van der Waals surface area contributed by atoms with E-state index in [2.05, 4.69) is 5.10 Å². The molecule has 9 heteroatoms. The molecule has 2 N–H and O–H groups in total. The van der Waals surface area contributed by atoms with Gasteiger partial charge in [-0.15, -0.1) is 9.19 Å². The molecular weight excluding hydrogens is 366 g/mol. The molecule has 0 aliphatic carbocycles. The molecule has 128 valence electrons. The average Bonchev–Trinajstić information content (AvgIpc) is 2.97. The monoisotopic (exact) mass is 377 g/mol. The van der Waals surface area contributed by atoms with Crippen molar-refractivity contribution >= 4 is 33.4 Å². The Morgan fingerprint density at radius 2 is 1.72 bits per heavy atom. The van der Waals surface area contributed by atoms with E-state index in [0.717, 1.165) is 6.07 Å². The van der Waals surface area contributed by atoms with Gasteiger partial charge in [-0.1, -0.05) is 41.9 Å². The molecule has 0 radical (unpaired) electrons. The summed E-state index contributed by atoms with van der Waals surface area (Å²) >= 11 is 5.93. The van der Waals surface area contributed by atoms with Gasteiger partial charge in [-0.3, -0.25) is 0 Å². The molecule has 3 aromatic rings. The lowest BCUT2D eigenvalue weighted by molar-refractivity contribution is 0.0727. The van der Waals surface area contributed by atoms with E-state index in [1.165, 1.54) is 24.3 Å². The van der Waals surface area contributed by atoms with Gasteiger partial charge in [-0.2, -0.15) is 8.42 Å². The minimum Gasteiger partial charge on any atom is -0.402 e. The summed E-state index contributed by atoms with van der Waals surface area (Å²) in [6.45, 7) is 0. The molecule has 0 bridgehead atoms. The molecule has 25 heavy (non-hydrogen) atoms. The predicted molar refractivity (Wildman–Crippen MR) is 92.1 cm³/mol. The van der Waals surface area contributed by atoms with Gasteiger partial charge < -0.3 is 10.5 Å². The third-order valence-corrected chi connectivity index (χ3v) is 5.19. The number of carbonyl (C=O) groups excluding carboxylic acids is 1. The highest BCUT2D eigenvalue weighted by atomic mass is 35.5. The quantitative estimate of drug-likeness (QED) is 0.701. The lowest BCUT2D eigenvalue weighted by Crippen LogP contribution is -2.17. The zero-order chi connectivity index (χ0) is 18.0. The summed E-state index contributed by atoms with van der Waals surface area (Å²) in [7, 11) is -3.99. The van der Waals surface area contributed by atoms with Gasteiger partial charge in [-0.05, 0) is 24.3 Å². The summed E-state index contributed by atoms with van der Waals surface area (Å²) in [5.41, 5.74) is 5.84. The minimum atomic E-state index is -3.99. The maximum Gasteiger partial charge on any atom is 0.346 e. The summed E-state index contributed by atoms with van der Waals surface area (Å²) < 4.78 is 30.8. The normalized spacial score (nSPS) is 11.2. The van der Waals surface area contributed by atoms with Crippen molar-refractivity contribution in [2.24, 2.45) is 0 Å². The van der Waals surface area contributed by atoms with E-state index in [1.54, 1.807) is 30.3 Å². The Hall–Kier alpha value is -2.84. The van der Waals surface area contributed by atoms with E-state index in [0.29, 0.717) is 4.09 Å². The van der Waals surface area contributed by atoms with Gasteiger partial charge >= 0.3 is 5.97 Å². The van der Waals surface area contributed by atoms with Gasteiger partial charge in [0.15, 0.2) is 0 Å². The molecule has 0 unspecified atom stereocenters. The summed E-state index contributed by atoms with van der Waals surface area (Å²) in [6, 6.07) is 15.1. The molecule has 0 amide bonds. The molecule has 0 saturated heterocycles. The van der Waals surface area contributed by atoms with Crippen LogP contribution < -0.4 is 10.5 Å². The second-order valence-corrected chi connectivity index (χ2v) is 7.11. The largest absolute Gasteiger partial charge is 0.402 e. The Kier molecular flexibility index (Phi) is 4.47. The van der Waals surface area contributed by atoms with Crippen molar-refractivity contribution in [2.45, 2.75) is 4.90 Å². The zero-order valence-electron chi connectivity index (χ0n) is 12.7. The lowest BCUT2D eigenvalue weighted by atomic mass is 10.2. The van der Waals surface area contributed by atoms with Crippen molar-refractivity contribution in [3.8, 4) is 5.88 Å². The standard InChI is InChI=1S/C16H12ClN3O4S/c17-13-9-5-4-8-12(13)16(21)24-15-10-14(18)20(19-15)25(22,23)11-6-2-1-3-7-11/h1-10H,18H2. The van der Waals surface area contributed by atoms with Crippen LogP contribution in [0.2, 0.25) is 5.02 Å². The predicted octanol–water partition coefficient (Wildman–Crippen LogP) is 2.57. The number of aromatic nitrogens is 2. The van der Waals surface area contributed by atoms with Crippen LogP contribution in [0.1, 0.15) is 10.4 Å². The van der Waals surface area contributed by atoms with Crippen LogP contribution in [0.5, 0.6) is 5.88 Å². The lowest BCUT2D eigenvalue weighted by Gasteiger charge is -2.05. The maximum absolute atomic E-state index is 12.5. The van der Waals surface area contributed by atoms with Gasteiger partial charge in [0.1, 0.15) is 5.82 Å². The summed E-state index contributed by atoms with van der Waals surface area (Å²) in [6.07, 6.45) is 0. The summed E-state index contributed by atoms with van der Waals surface area (Å²) in [5, 5.41) is 3.98. The molecule has 3 rings (SSSR count). The van der Waals surface area contributed by atoms with Crippen molar-refractivity contribution < 1.29 is 17.9 Å². The second-order valence-electron chi connectivity index (χ2n) is 4.94. The van der Waals surface area contributed by atoms with E-state index in [9.17, 15) is 13.2 Å². The minimum absolute atomic E-state index is 0.00813. The third kappa shape index (κ3) is 3.35. The number of anilines is 1. The maximum atomic E-state index is 12.5. The van der Waals surface area contributed by atoms with Crippen LogP contribution in [0.4, 0.5) is 5.82 Å². The fraction of sp³-hybridized carbons (Fsp3) is 0. The molecule has 0 fully saturated rings. The first-order valence-corrected chi connectivity index (χ1v) is 8.84. The average molecular weight is 378 g/mol. The van der Waals surface area contributed by atoms with Gasteiger partial charge in [0, 0.05) is 6.07 Å². The van der Waals surface area contributed by atoms with Crippen molar-refractivity contribution in [3.05, 3.63) is 71.2 Å². The van der Waals surface area contributed by atoms with E-state index < -0.39 is 16.0 Å². The first-order valence-electron chi connectivity index (χ1n) is 7.02. The topological polar surface area (TPSA) is 104 Å². The zero-order valence-corrected chi connectivity index (χ0v) is 14.2. The number of halogens is 1. The Bertz CT molecular complexity index is 1030. The number of nitrogens with two attached hydrogens (primary N) is 1. The van der Waals surface area contributed by atoms with Gasteiger partial charge in [-0.25, -0.2) is 4.79 Å². The van der Waals surface area contributed by atoms with Crippen LogP contribution in [0.25, 0.3) is 0 Å². The second kappa shape index (κ2) is 6.58. The molecule has 0 aliphatic heterocycles. The summed E-state index contributed by atoms with van der Waals surface area (Å²) in [4.78, 5) is 12.1. The number of hydrogen-bond acceptors (Lipinski definition) is 6. The van der Waals surface area contributed by atoms with E-state index in [4.69, 9.17) is 22.1 Å². The Morgan fingerprint density at radius 3 is 2.40 bits per heavy atom. The first-order chi connectivity index (χ1) is 11.9. The van der Waals surface area contributed by atoms with E-state index in [1.807, 2.05) is 0 Å². The van der Waals surface area contributed by atoms with E-state index >= 15 is 0 Å². The summed E-state index contributed by atoms with van der Waals surface area (Å²) in [5.74, 6) is -1.21. The highest BCUT2D eigenvalue weighted by molar-refractivity contribution is 7.90. The molecule has 0 aliphatic rings. The van der Waals surface area contributed by atoms with Gasteiger partial charge in [0.05, 0.1) is 15.5 Å². The molecule has 0 saturated carbocycles. The van der Waals surface area contributed by atoms with E-state index in [-0.39, 0.29) is 27.2 Å². The van der Waals surface area contributed by atoms with Crippen LogP contribution in [-0.2, 0) is 10.0 Å². The third-order valence-electron chi connectivity index (χ3n) is 3.24. The highest BCUT2D eigenvalue weighted by Crippen LogP contribution is 2.23. The fourth-order valence-corrected chi connectivity index (χ4v) is 3.50. The molecule has 2 aromatic carbocycles. The molecule has 0 spiro atoms. The fourth-order valence-electron chi connectivity index (χ4n) is 2.07. The number of carbonyl (C=O) groups is 1. The Morgan fingerprint density at radius 1 is 1.08 bits per heavy atom. The number of esters is 1. The molecule has 7 nitrogen and oxygen atoms in total. The van der Waals surface area contributed by atoms with Crippen LogP contribution in [-0.4, -0.2) is 23.6 Å². The SMILES string of the molecule is Nc1cc(OC(=O)c2ccccc2Cl)nn1S(=O)(=O)c1ccccc1. The smallest absolute Gasteiger partial charge is 0.346 e. The Balaban J connectivity index is 1.91. The number of nitrogen functional groups attached to an aromatic ring is 1. The molecule has 1 heterocycles. The molecule has 1 aromatic heterocycles. The van der Waals surface area contributed by atoms with Crippen LogP contribution >= 0.6 is 11.6 Å². The van der Waals surface area contributed by atoms with Crippen LogP contribution in [0.15, 0.2) is 65.6 Å². The van der Waals surface area contributed by atoms with Crippen molar-refractivity contribution in [2.75, 3.05) is 5.73 Å². The highest BCUT2D eigenvalue weighted by Gasteiger charge is 2.23. The number of benzene rings is 2. The number of rotatable bonds is 4. The van der Waals surface area contributed by atoms with Crippen LogP contribution in [0, 0.1) is 0 Å². The van der Waals surface area contributed by atoms with Crippen molar-refractivity contribution in [3.63, 3.8) is 0 Å². The van der Waals surface area contributed by atoms with Crippen molar-refractivity contribution in [1.82, 2.24) is 9.19 Å². The number of hydrogen-bond donors (Lipinski definition) is 1. The van der Waals surface area contributed by atoms with Gasteiger partial charge in [0.2, 0.25) is 5.88 Å². The van der Waals surface area contributed by atoms with Gasteiger partial charge in [0.25, 0.3) is 10.0 Å². The molecule has 0 atom stereocenters. The number of ether oxygens (including phenoxy) is 1. The Labute approximate surface area is 148 Å². The van der Waals surface area contributed by atoms with Crippen LogP contribution in [0.3, 0.4) is 0 Å². The first kappa shape index (κ1) is 17.0. The van der Waals surface area contributed by atoms with Crippen molar-refractivity contribution in [1.29, 1.82) is 0 Å².